The summed E-state index contributed by atoms with van der Waals surface area (Å²) in [4.78, 5) is 30.9. The fourth-order valence-corrected chi connectivity index (χ4v) is 5.75. The Hall–Kier alpha value is -3.06. The van der Waals surface area contributed by atoms with Crippen LogP contribution in [0.25, 0.3) is 22.3 Å². The van der Waals surface area contributed by atoms with E-state index in [0.29, 0.717) is 53.0 Å². The molecule has 2 atom stereocenters. The van der Waals surface area contributed by atoms with Gasteiger partial charge in [-0.25, -0.2) is 9.37 Å². The third-order valence-corrected chi connectivity index (χ3v) is 7.88. The first-order valence-corrected chi connectivity index (χ1v) is 11.1. The van der Waals surface area contributed by atoms with Gasteiger partial charge >= 0.3 is 5.97 Å². The Morgan fingerprint density at radius 1 is 1.28 bits per heavy atom. The molecule has 3 aliphatic rings. The zero-order chi connectivity index (χ0) is 22.5. The van der Waals surface area contributed by atoms with Crippen LogP contribution in [0.5, 0.6) is 0 Å². The lowest BCUT2D eigenvalue weighted by Crippen LogP contribution is -2.42. The van der Waals surface area contributed by atoms with E-state index in [-0.39, 0.29) is 30.0 Å². The zero-order valence-electron chi connectivity index (χ0n) is 18.3. The summed E-state index contributed by atoms with van der Waals surface area (Å²) in [6.45, 7) is 5.88. The molecule has 6 rings (SSSR count). The highest BCUT2D eigenvalue weighted by molar-refractivity contribution is 5.93. The monoisotopic (exact) mass is 433 g/mol. The standard InChI is InChI=1S/C25H24FN3O3/c1-4-25(3)15-7-19-22-13(9-29(19)23(30)14(15)10-32-24(25)31)20-17(27)6-5-12-11(2)16(26)8-18(28-22)21(12)20/h7-8,17H,4-6,9-10,27H2,1-3H3. The van der Waals surface area contributed by atoms with Crippen molar-refractivity contribution in [3.63, 3.8) is 0 Å². The Bertz CT molecular complexity index is 1440. The maximum Gasteiger partial charge on any atom is 0.316 e. The number of carbonyl (C=O) groups is 1. The largest absolute Gasteiger partial charge is 0.460 e. The van der Waals surface area contributed by atoms with E-state index in [1.54, 1.807) is 11.5 Å². The van der Waals surface area contributed by atoms with Crippen LogP contribution in [0.2, 0.25) is 0 Å². The first-order valence-electron chi connectivity index (χ1n) is 11.1. The summed E-state index contributed by atoms with van der Waals surface area (Å²) in [6, 6.07) is 3.19. The lowest BCUT2D eigenvalue weighted by Gasteiger charge is -2.33. The van der Waals surface area contributed by atoms with E-state index < -0.39 is 5.41 Å². The number of pyridine rings is 2. The minimum atomic E-state index is -0.886. The van der Waals surface area contributed by atoms with Crippen LogP contribution in [-0.2, 0) is 34.5 Å². The van der Waals surface area contributed by atoms with Crippen LogP contribution in [-0.4, -0.2) is 15.5 Å². The number of rotatable bonds is 1. The number of cyclic esters (lactones) is 1. The molecule has 1 aliphatic carbocycles. The molecule has 0 fully saturated rings. The molecule has 2 unspecified atom stereocenters. The highest BCUT2D eigenvalue weighted by Crippen LogP contribution is 2.45. The van der Waals surface area contributed by atoms with Crippen molar-refractivity contribution in [1.29, 1.82) is 0 Å². The third-order valence-electron chi connectivity index (χ3n) is 7.88. The van der Waals surface area contributed by atoms with E-state index in [1.807, 2.05) is 19.9 Å². The Morgan fingerprint density at radius 2 is 2.06 bits per heavy atom. The number of nitrogens with zero attached hydrogens (tertiary/aromatic N) is 2. The summed E-state index contributed by atoms with van der Waals surface area (Å²) in [7, 11) is 0. The number of aromatic nitrogens is 2. The van der Waals surface area contributed by atoms with Gasteiger partial charge in [0.05, 0.1) is 34.4 Å². The normalized spacial score (nSPS) is 23.0. The minimum absolute atomic E-state index is 0.0183. The van der Waals surface area contributed by atoms with Gasteiger partial charge in [-0.15, -0.1) is 0 Å². The number of aryl methyl sites for hydroxylation is 1. The molecule has 32 heavy (non-hydrogen) atoms. The van der Waals surface area contributed by atoms with Crippen LogP contribution in [0.3, 0.4) is 0 Å². The maximum atomic E-state index is 14.7. The van der Waals surface area contributed by atoms with Crippen molar-refractivity contribution in [2.24, 2.45) is 5.73 Å². The number of hydrogen-bond acceptors (Lipinski definition) is 5. The summed E-state index contributed by atoms with van der Waals surface area (Å²) in [5.41, 5.74) is 12.2. The van der Waals surface area contributed by atoms with Gasteiger partial charge in [-0.2, -0.15) is 0 Å². The lowest BCUT2D eigenvalue weighted by molar-refractivity contribution is -0.153. The molecule has 2 N–H and O–H groups in total. The Morgan fingerprint density at radius 3 is 2.81 bits per heavy atom. The number of benzene rings is 1. The smallest absolute Gasteiger partial charge is 0.316 e. The number of nitrogens with two attached hydrogens (primary N) is 1. The Kier molecular flexibility index (Phi) is 3.83. The molecule has 2 aromatic heterocycles. The zero-order valence-corrected chi connectivity index (χ0v) is 18.3. The quantitative estimate of drug-likeness (QED) is 0.464. The summed E-state index contributed by atoms with van der Waals surface area (Å²) in [5, 5.41) is 0.934. The highest BCUT2D eigenvalue weighted by atomic mass is 19.1. The summed E-state index contributed by atoms with van der Waals surface area (Å²) >= 11 is 0. The molecule has 164 valence electrons. The molecular formula is C25H24FN3O3. The van der Waals surface area contributed by atoms with E-state index in [4.69, 9.17) is 15.5 Å². The van der Waals surface area contributed by atoms with Crippen molar-refractivity contribution >= 4 is 16.9 Å². The van der Waals surface area contributed by atoms with Crippen molar-refractivity contribution in [2.45, 2.75) is 64.6 Å². The van der Waals surface area contributed by atoms with E-state index in [1.165, 1.54) is 6.07 Å². The number of halogens is 1. The van der Waals surface area contributed by atoms with Crippen LogP contribution < -0.4 is 11.3 Å². The molecule has 7 heteroatoms. The molecule has 2 aliphatic heterocycles. The molecular weight excluding hydrogens is 409 g/mol. The molecule has 6 nitrogen and oxygen atoms in total. The number of carbonyl (C=O) groups excluding carboxylic acids is 1. The fourth-order valence-electron chi connectivity index (χ4n) is 5.75. The third kappa shape index (κ3) is 2.24. The minimum Gasteiger partial charge on any atom is -0.460 e. The Balaban J connectivity index is 1.70. The van der Waals surface area contributed by atoms with Crippen molar-refractivity contribution in [2.75, 3.05) is 0 Å². The van der Waals surface area contributed by atoms with Crippen molar-refractivity contribution in [3.8, 4) is 11.4 Å². The van der Waals surface area contributed by atoms with Gasteiger partial charge in [0.25, 0.3) is 5.56 Å². The molecule has 0 amide bonds. The van der Waals surface area contributed by atoms with Gasteiger partial charge in [0.15, 0.2) is 0 Å². The van der Waals surface area contributed by atoms with Gasteiger partial charge in [-0.3, -0.25) is 9.59 Å². The van der Waals surface area contributed by atoms with E-state index in [9.17, 15) is 14.0 Å². The summed E-state index contributed by atoms with van der Waals surface area (Å²) in [5.74, 6) is -0.593. The predicted molar refractivity (Wildman–Crippen MR) is 118 cm³/mol. The van der Waals surface area contributed by atoms with Crippen molar-refractivity contribution in [1.82, 2.24) is 9.55 Å². The second-order valence-corrected chi connectivity index (χ2v) is 9.43. The SMILES string of the molecule is CCC1(C)C(=O)OCc2c1cc1n(c2=O)Cc2c-1nc1cc(F)c(C)c3c1c2C(N)CC3. The maximum absolute atomic E-state index is 14.7. The summed E-state index contributed by atoms with van der Waals surface area (Å²) < 4.78 is 21.8. The predicted octanol–water partition coefficient (Wildman–Crippen LogP) is 3.54. The first kappa shape index (κ1) is 19.6. The fraction of sp³-hybridized carbons (Fsp3) is 0.400. The highest BCUT2D eigenvalue weighted by Gasteiger charge is 2.43. The average Bonchev–Trinajstić information content (AvgIpc) is 3.14. The van der Waals surface area contributed by atoms with E-state index in [0.717, 1.165) is 28.5 Å². The average molecular weight is 433 g/mol. The second-order valence-electron chi connectivity index (χ2n) is 9.43. The molecule has 0 spiro atoms. The van der Waals surface area contributed by atoms with Gasteiger partial charge in [0.1, 0.15) is 12.4 Å². The number of hydrogen-bond donors (Lipinski definition) is 1. The van der Waals surface area contributed by atoms with Gasteiger partial charge in [-0.1, -0.05) is 6.92 Å². The second kappa shape index (κ2) is 6.25. The first-order chi connectivity index (χ1) is 15.3. The molecule has 4 heterocycles. The van der Waals surface area contributed by atoms with E-state index in [2.05, 4.69) is 0 Å². The van der Waals surface area contributed by atoms with Crippen LogP contribution >= 0.6 is 0 Å². The van der Waals surface area contributed by atoms with Gasteiger partial charge in [0, 0.05) is 23.1 Å². The molecule has 3 aromatic rings. The molecule has 0 bridgehead atoms. The van der Waals surface area contributed by atoms with Crippen LogP contribution in [0, 0.1) is 12.7 Å². The van der Waals surface area contributed by atoms with Crippen LogP contribution in [0.15, 0.2) is 16.9 Å². The molecule has 0 saturated heterocycles. The lowest BCUT2D eigenvalue weighted by atomic mass is 9.76. The van der Waals surface area contributed by atoms with Gasteiger partial charge in [0.2, 0.25) is 0 Å². The van der Waals surface area contributed by atoms with Crippen molar-refractivity contribution in [3.05, 3.63) is 61.7 Å². The van der Waals surface area contributed by atoms with Gasteiger partial charge < -0.3 is 15.0 Å². The molecule has 0 saturated carbocycles. The van der Waals surface area contributed by atoms with Crippen LogP contribution in [0.1, 0.15) is 66.1 Å². The van der Waals surface area contributed by atoms with Gasteiger partial charge in [-0.05, 0) is 61.4 Å². The summed E-state index contributed by atoms with van der Waals surface area (Å²) in [6.07, 6.45) is 1.95. The topological polar surface area (TPSA) is 87.2 Å². The number of ether oxygens (including phenoxy) is 1. The Labute approximate surface area is 184 Å². The number of fused-ring (bicyclic) bond motifs is 5. The molecule has 0 radical (unpaired) electrons. The molecule has 1 aromatic carbocycles. The van der Waals surface area contributed by atoms with E-state index >= 15 is 0 Å². The number of esters is 1. The van der Waals surface area contributed by atoms with Crippen molar-refractivity contribution < 1.29 is 13.9 Å². The van der Waals surface area contributed by atoms with Crippen LogP contribution in [0.4, 0.5) is 4.39 Å².